The number of carbonyl (C=O) groups is 6. The van der Waals surface area contributed by atoms with E-state index >= 15 is 0 Å². The molecule has 0 fully saturated rings. The lowest BCUT2D eigenvalue weighted by atomic mass is 10.1. The molecule has 0 atom stereocenters. The van der Waals surface area contributed by atoms with E-state index in [1.807, 2.05) is 0 Å². The minimum absolute atomic E-state index is 0.0431. The average Bonchev–Trinajstić information content (AvgIpc) is 3.45. The maximum atomic E-state index is 13.4. The van der Waals surface area contributed by atoms with E-state index in [2.05, 4.69) is 20.1 Å². The van der Waals surface area contributed by atoms with Gasteiger partial charge in [0.05, 0.1) is 32.0 Å². The van der Waals surface area contributed by atoms with E-state index in [1.165, 1.54) is 84.9 Å². The number of ether oxygens (including phenoxy) is 2. The van der Waals surface area contributed by atoms with Gasteiger partial charge in [-0.15, -0.1) is 0 Å². The van der Waals surface area contributed by atoms with Gasteiger partial charge >= 0.3 is 23.9 Å². The molecule has 43 heavy (non-hydrogen) atoms. The number of sulfone groups is 1. The largest absolute Gasteiger partial charge is 0.386 e. The summed E-state index contributed by atoms with van der Waals surface area (Å²) in [7, 11) is -4.13. The Kier molecular flexibility index (Phi) is 6.43. The summed E-state index contributed by atoms with van der Waals surface area (Å²) in [5.41, 5.74) is 0.377. The number of cyclic esters (lactones) is 4. The number of nitrogens with one attached hydrogen (secondary N) is 2. The fraction of sp³-hybridized carbons (Fsp3) is 0. The Morgan fingerprint density at radius 3 is 1.33 bits per heavy atom. The molecule has 0 radical (unpaired) electrons. The quantitative estimate of drug-likeness (QED) is 0.246. The summed E-state index contributed by atoms with van der Waals surface area (Å²) in [5.74, 6) is -4.65. The van der Waals surface area contributed by atoms with Crippen molar-refractivity contribution in [3.63, 3.8) is 0 Å². The van der Waals surface area contributed by atoms with Crippen LogP contribution < -0.4 is 10.6 Å². The lowest BCUT2D eigenvalue weighted by Crippen LogP contribution is -2.14. The smallest absolute Gasteiger partial charge is 0.346 e. The van der Waals surface area contributed by atoms with Crippen LogP contribution in [0.4, 0.5) is 11.4 Å². The van der Waals surface area contributed by atoms with E-state index < -0.39 is 45.5 Å². The van der Waals surface area contributed by atoms with Crippen molar-refractivity contribution in [2.45, 2.75) is 9.79 Å². The van der Waals surface area contributed by atoms with Crippen LogP contribution in [0.2, 0.25) is 0 Å². The van der Waals surface area contributed by atoms with Crippen LogP contribution in [0.15, 0.2) is 94.7 Å². The number of esters is 4. The number of rotatable bonds is 6. The van der Waals surface area contributed by atoms with Crippen LogP contribution >= 0.6 is 0 Å². The Bertz CT molecular complexity index is 1930. The van der Waals surface area contributed by atoms with Crippen LogP contribution in [-0.4, -0.2) is 44.1 Å². The van der Waals surface area contributed by atoms with Gasteiger partial charge in [-0.05, 0) is 72.8 Å². The topological polar surface area (TPSA) is 179 Å². The third kappa shape index (κ3) is 4.93. The summed E-state index contributed by atoms with van der Waals surface area (Å²) in [6.07, 6.45) is 0. The van der Waals surface area contributed by atoms with Crippen molar-refractivity contribution in [1.29, 1.82) is 0 Å². The Hall–Kier alpha value is -5.95. The van der Waals surface area contributed by atoms with E-state index in [4.69, 9.17) is 0 Å². The van der Waals surface area contributed by atoms with Gasteiger partial charge in [-0.2, -0.15) is 0 Å². The van der Waals surface area contributed by atoms with Crippen molar-refractivity contribution in [1.82, 2.24) is 0 Å². The van der Waals surface area contributed by atoms with Crippen LogP contribution in [0.5, 0.6) is 0 Å². The lowest BCUT2D eigenvalue weighted by Gasteiger charge is -2.11. The Labute approximate surface area is 242 Å². The van der Waals surface area contributed by atoms with E-state index in [0.717, 1.165) is 0 Å². The first-order valence-electron chi connectivity index (χ1n) is 12.4. The highest BCUT2D eigenvalue weighted by Crippen LogP contribution is 2.27. The van der Waals surface area contributed by atoms with Gasteiger partial charge in [0.1, 0.15) is 0 Å². The number of fused-ring (bicyclic) bond motifs is 2. The maximum absolute atomic E-state index is 13.4. The number of hydrogen-bond donors (Lipinski definition) is 2. The molecule has 6 rings (SSSR count). The van der Waals surface area contributed by atoms with Crippen LogP contribution in [0.3, 0.4) is 0 Å². The second-order valence-corrected chi connectivity index (χ2v) is 11.3. The Morgan fingerprint density at radius 2 is 0.907 bits per heavy atom. The number of carbonyl (C=O) groups excluding carboxylic acids is 6. The third-order valence-corrected chi connectivity index (χ3v) is 8.37. The maximum Gasteiger partial charge on any atom is 0.346 e. The highest BCUT2D eigenvalue weighted by molar-refractivity contribution is 7.91. The standard InChI is InChI=1S/C30H16N2O10S/c33-25(15-7-9-21-23(11-15)29(37)41-27(21)35)31-17-3-1-5-19(13-17)43(39,40)20-6-2-4-18(14-20)32-26(34)16-8-10-22-24(12-16)30(38)42-28(22)36/h1-14H,(H,31,33)(H,32,34). The first-order valence-corrected chi connectivity index (χ1v) is 13.9. The van der Waals surface area contributed by atoms with Crippen molar-refractivity contribution in [3.8, 4) is 0 Å². The molecule has 0 unspecified atom stereocenters. The highest BCUT2D eigenvalue weighted by atomic mass is 32.2. The molecule has 2 heterocycles. The molecule has 0 aliphatic carbocycles. The van der Waals surface area contributed by atoms with E-state index in [1.54, 1.807) is 0 Å². The zero-order valence-electron chi connectivity index (χ0n) is 21.6. The van der Waals surface area contributed by atoms with Gasteiger partial charge in [0, 0.05) is 22.5 Å². The third-order valence-electron chi connectivity index (χ3n) is 6.62. The van der Waals surface area contributed by atoms with Gasteiger partial charge in [-0.25, -0.2) is 27.6 Å². The first-order chi connectivity index (χ1) is 20.5. The van der Waals surface area contributed by atoms with E-state index in [0.29, 0.717) is 0 Å². The number of anilines is 2. The average molecular weight is 597 g/mol. The molecule has 12 nitrogen and oxygen atoms in total. The van der Waals surface area contributed by atoms with Crippen molar-refractivity contribution in [3.05, 3.63) is 118 Å². The number of amides is 2. The molecule has 0 saturated heterocycles. The predicted octanol–water partition coefficient (Wildman–Crippen LogP) is 3.65. The zero-order valence-corrected chi connectivity index (χ0v) is 22.4. The molecule has 4 aromatic carbocycles. The minimum atomic E-state index is -4.13. The molecule has 0 bridgehead atoms. The Balaban J connectivity index is 1.20. The molecular weight excluding hydrogens is 580 g/mol. The molecule has 2 N–H and O–H groups in total. The zero-order chi connectivity index (χ0) is 30.5. The van der Waals surface area contributed by atoms with Gasteiger partial charge in [-0.3, -0.25) is 9.59 Å². The molecule has 212 valence electrons. The van der Waals surface area contributed by atoms with E-state index in [9.17, 15) is 37.2 Å². The summed E-state index contributed by atoms with van der Waals surface area (Å²) >= 11 is 0. The summed E-state index contributed by atoms with van der Waals surface area (Å²) in [6, 6.07) is 18.6. The fourth-order valence-corrected chi connectivity index (χ4v) is 5.83. The van der Waals surface area contributed by atoms with Gasteiger partial charge < -0.3 is 20.1 Å². The second kappa shape index (κ2) is 10.2. The molecular formula is C30H16N2O10S. The molecule has 0 saturated carbocycles. The molecule has 0 aromatic heterocycles. The number of hydrogen-bond acceptors (Lipinski definition) is 10. The number of benzene rings is 4. The lowest BCUT2D eigenvalue weighted by molar-refractivity contribution is 0.0425. The minimum Gasteiger partial charge on any atom is -0.386 e. The van der Waals surface area contributed by atoms with Crippen molar-refractivity contribution in [2.24, 2.45) is 0 Å². The fourth-order valence-electron chi connectivity index (χ4n) is 4.48. The summed E-state index contributed by atoms with van der Waals surface area (Å²) in [5, 5.41) is 5.13. The van der Waals surface area contributed by atoms with Crippen molar-refractivity contribution in [2.75, 3.05) is 10.6 Å². The first kappa shape index (κ1) is 27.2. The van der Waals surface area contributed by atoms with Gasteiger partial charge in [0.2, 0.25) is 9.84 Å². The molecule has 4 aromatic rings. The SMILES string of the molecule is O=C(Nc1cccc(S(=O)(=O)c2cccc(NC(=O)c3ccc4c(c3)C(=O)OC4=O)c2)c1)c1ccc2c(c1)C(=O)OC2=O. The molecule has 0 spiro atoms. The highest BCUT2D eigenvalue weighted by Gasteiger charge is 2.31. The summed E-state index contributed by atoms with van der Waals surface area (Å²) in [4.78, 5) is 72.3. The normalized spacial score (nSPS) is 13.6. The molecule has 2 aliphatic rings. The molecule has 2 amide bonds. The van der Waals surface area contributed by atoms with Crippen LogP contribution in [-0.2, 0) is 19.3 Å². The van der Waals surface area contributed by atoms with Crippen LogP contribution in [0.1, 0.15) is 62.1 Å². The van der Waals surface area contributed by atoms with Gasteiger partial charge in [-0.1, -0.05) is 12.1 Å². The van der Waals surface area contributed by atoms with Crippen LogP contribution in [0.25, 0.3) is 0 Å². The second-order valence-electron chi connectivity index (χ2n) is 9.34. The van der Waals surface area contributed by atoms with E-state index in [-0.39, 0.29) is 54.5 Å². The van der Waals surface area contributed by atoms with Gasteiger partial charge in [0.15, 0.2) is 0 Å². The molecule has 2 aliphatic heterocycles. The van der Waals surface area contributed by atoms with Crippen molar-refractivity contribution < 1.29 is 46.7 Å². The molecule has 13 heteroatoms. The summed E-state index contributed by atoms with van der Waals surface area (Å²) in [6.45, 7) is 0. The van der Waals surface area contributed by atoms with Crippen LogP contribution in [0, 0.1) is 0 Å². The van der Waals surface area contributed by atoms with Crippen molar-refractivity contribution >= 4 is 56.9 Å². The monoisotopic (exact) mass is 596 g/mol. The summed E-state index contributed by atoms with van der Waals surface area (Å²) < 4.78 is 36.0. The Morgan fingerprint density at radius 1 is 0.512 bits per heavy atom. The van der Waals surface area contributed by atoms with Gasteiger partial charge in [0.25, 0.3) is 11.8 Å². The predicted molar refractivity (Wildman–Crippen MR) is 147 cm³/mol.